The number of benzene rings is 2. The van der Waals surface area contributed by atoms with Crippen molar-refractivity contribution in [2.24, 2.45) is 0 Å². The third kappa shape index (κ3) is 3.24. The van der Waals surface area contributed by atoms with Crippen molar-refractivity contribution in [3.05, 3.63) is 71.8 Å². The Balaban J connectivity index is 2.05. The molecule has 0 unspecified atom stereocenters. The van der Waals surface area contributed by atoms with E-state index in [2.05, 4.69) is 49.4 Å². The molecule has 2 aromatic rings. The Kier molecular flexibility index (Phi) is 4.19. The summed E-state index contributed by atoms with van der Waals surface area (Å²) < 4.78 is 5.15. The molecule has 0 spiro atoms. The first kappa shape index (κ1) is 12.4. The summed E-state index contributed by atoms with van der Waals surface area (Å²) in [5.74, 6) is 0.905. The second-order valence-electron chi connectivity index (χ2n) is 4.31. The van der Waals surface area contributed by atoms with Gasteiger partial charge in [0.2, 0.25) is 0 Å². The standard InChI is InChI=1S/C17H18O/c1-14(16-6-4-3-5-7-16)8-9-15-10-12-17(18-2)13-11-15/h3-8,10-13H,9H2,1-2H3/b14-8+. The predicted octanol–water partition coefficient (Wildman–Crippen LogP) is 4.34. The molecule has 0 bridgehead atoms. The fourth-order valence-electron chi connectivity index (χ4n) is 1.85. The van der Waals surface area contributed by atoms with Gasteiger partial charge in [-0.3, -0.25) is 0 Å². The maximum absolute atomic E-state index is 5.15. The second-order valence-corrected chi connectivity index (χ2v) is 4.31. The van der Waals surface area contributed by atoms with E-state index in [4.69, 9.17) is 4.74 Å². The molecule has 0 heterocycles. The van der Waals surface area contributed by atoms with Crippen molar-refractivity contribution >= 4 is 5.57 Å². The van der Waals surface area contributed by atoms with E-state index in [9.17, 15) is 0 Å². The summed E-state index contributed by atoms with van der Waals surface area (Å²) in [5.41, 5.74) is 3.89. The van der Waals surface area contributed by atoms with E-state index in [1.165, 1.54) is 16.7 Å². The highest BCUT2D eigenvalue weighted by atomic mass is 16.5. The van der Waals surface area contributed by atoms with Gasteiger partial charge >= 0.3 is 0 Å². The van der Waals surface area contributed by atoms with Gasteiger partial charge in [-0.15, -0.1) is 0 Å². The Morgan fingerprint density at radius 2 is 1.67 bits per heavy atom. The minimum atomic E-state index is 0.905. The van der Waals surface area contributed by atoms with E-state index in [1.807, 2.05) is 18.2 Å². The number of rotatable bonds is 4. The summed E-state index contributed by atoms with van der Waals surface area (Å²) in [6.07, 6.45) is 3.21. The van der Waals surface area contributed by atoms with E-state index < -0.39 is 0 Å². The van der Waals surface area contributed by atoms with Crippen LogP contribution in [0.4, 0.5) is 0 Å². The van der Waals surface area contributed by atoms with Crippen LogP contribution < -0.4 is 4.74 Å². The van der Waals surface area contributed by atoms with Crippen molar-refractivity contribution in [3.63, 3.8) is 0 Å². The summed E-state index contributed by atoms with van der Waals surface area (Å²) in [7, 11) is 1.69. The van der Waals surface area contributed by atoms with Gasteiger partial charge in [-0.25, -0.2) is 0 Å². The molecule has 0 aliphatic rings. The van der Waals surface area contributed by atoms with Crippen molar-refractivity contribution in [2.75, 3.05) is 7.11 Å². The topological polar surface area (TPSA) is 9.23 Å². The smallest absolute Gasteiger partial charge is 0.118 e. The van der Waals surface area contributed by atoms with Crippen molar-refractivity contribution < 1.29 is 4.74 Å². The van der Waals surface area contributed by atoms with E-state index in [1.54, 1.807) is 7.11 Å². The second kappa shape index (κ2) is 6.06. The molecule has 0 atom stereocenters. The van der Waals surface area contributed by atoms with Crippen molar-refractivity contribution in [1.29, 1.82) is 0 Å². The maximum atomic E-state index is 5.15. The first-order valence-electron chi connectivity index (χ1n) is 6.14. The molecule has 2 aromatic carbocycles. The molecule has 0 saturated carbocycles. The van der Waals surface area contributed by atoms with Gasteiger partial charge in [0.1, 0.15) is 5.75 Å². The molecule has 0 saturated heterocycles. The number of hydrogen-bond donors (Lipinski definition) is 0. The summed E-state index contributed by atoms with van der Waals surface area (Å²) in [4.78, 5) is 0. The van der Waals surface area contributed by atoms with Gasteiger partial charge in [0, 0.05) is 0 Å². The third-order valence-electron chi connectivity index (χ3n) is 3.03. The largest absolute Gasteiger partial charge is 0.497 e. The molecular formula is C17H18O. The van der Waals surface area contributed by atoms with Crippen LogP contribution in [-0.4, -0.2) is 7.11 Å². The molecule has 2 rings (SSSR count). The van der Waals surface area contributed by atoms with Gasteiger partial charge in [-0.1, -0.05) is 48.5 Å². The van der Waals surface area contributed by atoms with E-state index in [0.29, 0.717) is 0 Å². The summed E-state index contributed by atoms with van der Waals surface area (Å²) in [6, 6.07) is 18.7. The highest BCUT2D eigenvalue weighted by molar-refractivity contribution is 5.63. The van der Waals surface area contributed by atoms with Crippen LogP contribution in [0.1, 0.15) is 18.1 Å². The van der Waals surface area contributed by atoms with Crippen LogP contribution in [0.3, 0.4) is 0 Å². The Morgan fingerprint density at radius 3 is 2.28 bits per heavy atom. The zero-order valence-corrected chi connectivity index (χ0v) is 10.9. The number of methoxy groups -OCH3 is 1. The molecule has 1 nitrogen and oxygen atoms in total. The van der Waals surface area contributed by atoms with Crippen LogP contribution in [0.5, 0.6) is 5.75 Å². The van der Waals surface area contributed by atoms with Gasteiger partial charge in [0.05, 0.1) is 7.11 Å². The molecule has 0 aliphatic carbocycles. The maximum Gasteiger partial charge on any atom is 0.118 e. The minimum Gasteiger partial charge on any atom is -0.497 e. The van der Waals surface area contributed by atoms with Crippen molar-refractivity contribution in [1.82, 2.24) is 0 Å². The fraction of sp³-hybridized carbons (Fsp3) is 0.176. The Hall–Kier alpha value is -2.02. The number of hydrogen-bond acceptors (Lipinski definition) is 1. The highest BCUT2D eigenvalue weighted by Gasteiger charge is 1.95. The molecule has 0 radical (unpaired) electrons. The van der Waals surface area contributed by atoms with Gasteiger partial charge in [-0.05, 0) is 42.2 Å². The Morgan fingerprint density at radius 1 is 1.00 bits per heavy atom. The summed E-state index contributed by atoms with van der Waals surface area (Å²) in [5, 5.41) is 0. The van der Waals surface area contributed by atoms with E-state index in [-0.39, 0.29) is 0 Å². The zero-order valence-electron chi connectivity index (χ0n) is 10.9. The summed E-state index contributed by atoms with van der Waals surface area (Å²) in [6.45, 7) is 2.15. The average molecular weight is 238 g/mol. The predicted molar refractivity (Wildman–Crippen MR) is 76.8 cm³/mol. The molecule has 92 valence electrons. The lowest BCUT2D eigenvalue weighted by Gasteiger charge is -2.03. The lowest BCUT2D eigenvalue weighted by molar-refractivity contribution is 0.414. The van der Waals surface area contributed by atoms with Gasteiger partial charge < -0.3 is 4.74 Å². The zero-order chi connectivity index (χ0) is 12.8. The fourth-order valence-corrected chi connectivity index (χ4v) is 1.85. The SMILES string of the molecule is COc1ccc(C/C=C(\C)c2ccccc2)cc1. The molecule has 0 aromatic heterocycles. The normalized spacial score (nSPS) is 11.3. The van der Waals surface area contributed by atoms with Crippen LogP contribution in [0.15, 0.2) is 60.7 Å². The third-order valence-corrected chi connectivity index (χ3v) is 3.03. The van der Waals surface area contributed by atoms with Crippen LogP contribution in [0.25, 0.3) is 5.57 Å². The van der Waals surface area contributed by atoms with Crippen LogP contribution >= 0.6 is 0 Å². The molecule has 1 heteroatoms. The van der Waals surface area contributed by atoms with Gasteiger partial charge in [0.25, 0.3) is 0 Å². The highest BCUT2D eigenvalue weighted by Crippen LogP contribution is 2.16. The molecule has 0 fully saturated rings. The van der Waals surface area contributed by atoms with Gasteiger partial charge in [-0.2, -0.15) is 0 Å². The molecule has 0 N–H and O–H groups in total. The van der Waals surface area contributed by atoms with Crippen LogP contribution in [0, 0.1) is 0 Å². The van der Waals surface area contributed by atoms with Crippen LogP contribution in [0.2, 0.25) is 0 Å². The monoisotopic (exact) mass is 238 g/mol. The Labute approximate surface area is 109 Å². The molecule has 0 amide bonds. The molecule has 18 heavy (non-hydrogen) atoms. The first-order chi connectivity index (χ1) is 8.79. The van der Waals surface area contributed by atoms with E-state index >= 15 is 0 Å². The first-order valence-corrected chi connectivity index (χ1v) is 6.14. The van der Waals surface area contributed by atoms with Crippen molar-refractivity contribution in [2.45, 2.75) is 13.3 Å². The minimum absolute atomic E-state index is 0.905. The lowest BCUT2D eigenvalue weighted by atomic mass is 10.0. The number of ether oxygens (including phenoxy) is 1. The number of allylic oxidation sites excluding steroid dienone is 2. The van der Waals surface area contributed by atoms with Crippen LogP contribution in [-0.2, 0) is 6.42 Å². The van der Waals surface area contributed by atoms with Gasteiger partial charge in [0.15, 0.2) is 0 Å². The quantitative estimate of drug-likeness (QED) is 0.769. The Bertz CT molecular complexity index is 509. The molecule has 0 aliphatic heterocycles. The lowest BCUT2D eigenvalue weighted by Crippen LogP contribution is -1.86. The average Bonchev–Trinajstić information content (AvgIpc) is 2.46. The molecular weight excluding hydrogens is 220 g/mol. The van der Waals surface area contributed by atoms with Crippen molar-refractivity contribution in [3.8, 4) is 5.75 Å². The van der Waals surface area contributed by atoms with E-state index in [0.717, 1.165) is 12.2 Å². The summed E-state index contributed by atoms with van der Waals surface area (Å²) >= 11 is 0.